The van der Waals surface area contributed by atoms with Crippen molar-refractivity contribution in [2.24, 2.45) is 0 Å². The molecule has 0 radical (unpaired) electrons. The number of amides is 4. The smallest absolute Gasteiger partial charge is 0.325 e. The molecule has 1 saturated carbocycles. The van der Waals surface area contributed by atoms with Gasteiger partial charge in [0.25, 0.3) is 5.91 Å². The number of carbonyl (C=O) groups excluding carboxylic acids is 3. The van der Waals surface area contributed by atoms with Crippen molar-refractivity contribution in [3.05, 3.63) is 0 Å². The van der Waals surface area contributed by atoms with Crippen LogP contribution in [0.15, 0.2) is 0 Å². The fourth-order valence-electron chi connectivity index (χ4n) is 4.15. The number of nitrogens with zero attached hydrogens (tertiary/aromatic N) is 1. The Morgan fingerprint density at radius 1 is 1.08 bits per heavy atom. The highest BCUT2D eigenvalue weighted by Crippen LogP contribution is 2.28. The van der Waals surface area contributed by atoms with Crippen LogP contribution in [0.4, 0.5) is 4.79 Å². The number of nitrogens with one attached hydrogen (secondary N) is 2. The maximum Gasteiger partial charge on any atom is 0.325 e. The lowest BCUT2D eigenvalue weighted by atomic mass is 9.88. The highest BCUT2D eigenvalue weighted by Gasteiger charge is 2.50. The number of hydrogen-bond acceptors (Lipinski definition) is 3. The summed E-state index contributed by atoms with van der Waals surface area (Å²) in [5.74, 6) is -0.466. The number of carbonyl (C=O) groups is 3. The van der Waals surface area contributed by atoms with E-state index in [0.29, 0.717) is 12.8 Å². The second-order valence-electron chi connectivity index (χ2n) is 7.51. The molecule has 6 heteroatoms. The van der Waals surface area contributed by atoms with Gasteiger partial charge in [-0.1, -0.05) is 58.8 Å². The van der Waals surface area contributed by atoms with E-state index in [2.05, 4.69) is 10.6 Å². The topological polar surface area (TPSA) is 78.5 Å². The molecule has 25 heavy (non-hydrogen) atoms. The summed E-state index contributed by atoms with van der Waals surface area (Å²) >= 11 is 0. The van der Waals surface area contributed by atoms with Crippen LogP contribution in [0.3, 0.4) is 0 Å². The molecule has 0 unspecified atom stereocenters. The van der Waals surface area contributed by atoms with E-state index >= 15 is 0 Å². The van der Waals surface area contributed by atoms with Crippen LogP contribution in [-0.4, -0.2) is 40.9 Å². The molecule has 0 atom stereocenters. The van der Waals surface area contributed by atoms with Gasteiger partial charge in [-0.3, -0.25) is 14.5 Å². The molecule has 0 aromatic heterocycles. The van der Waals surface area contributed by atoms with Crippen LogP contribution in [0, 0.1) is 0 Å². The highest BCUT2D eigenvalue weighted by atomic mass is 16.2. The van der Waals surface area contributed by atoms with Crippen molar-refractivity contribution in [3.8, 4) is 0 Å². The van der Waals surface area contributed by atoms with Gasteiger partial charge in [-0.05, 0) is 25.7 Å². The normalized spacial score (nSPS) is 21.6. The standard InChI is InChI=1S/C19H33N3O3/c1-3-12-19(13-4-2)17(24)22(18(25)21-19)14-16(23)20-15-10-8-6-5-7-9-11-15/h15H,3-14H2,1-2H3,(H,20,23)(H,21,25). The summed E-state index contributed by atoms with van der Waals surface area (Å²) in [6.45, 7) is 3.83. The Morgan fingerprint density at radius 2 is 1.64 bits per heavy atom. The summed E-state index contributed by atoms with van der Waals surface area (Å²) in [6.07, 6.45) is 10.8. The first-order valence-corrected chi connectivity index (χ1v) is 9.96. The minimum atomic E-state index is -0.818. The van der Waals surface area contributed by atoms with E-state index in [9.17, 15) is 14.4 Å². The molecule has 0 spiro atoms. The Kier molecular flexibility index (Phi) is 7.26. The molecule has 1 aliphatic carbocycles. The van der Waals surface area contributed by atoms with E-state index in [4.69, 9.17) is 0 Å². The lowest BCUT2D eigenvalue weighted by Gasteiger charge is -2.26. The highest BCUT2D eigenvalue weighted by molar-refractivity contribution is 6.09. The quantitative estimate of drug-likeness (QED) is 0.692. The van der Waals surface area contributed by atoms with Crippen LogP contribution in [0.1, 0.15) is 84.5 Å². The van der Waals surface area contributed by atoms with E-state index in [-0.39, 0.29) is 24.4 Å². The van der Waals surface area contributed by atoms with Crippen molar-refractivity contribution in [1.82, 2.24) is 15.5 Å². The molecule has 2 rings (SSSR count). The van der Waals surface area contributed by atoms with Gasteiger partial charge in [0.1, 0.15) is 12.1 Å². The Balaban J connectivity index is 1.95. The lowest BCUT2D eigenvalue weighted by Crippen LogP contribution is -2.48. The number of rotatable bonds is 7. The molecular formula is C19H33N3O3. The fraction of sp³-hybridized carbons (Fsp3) is 0.842. The van der Waals surface area contributed by atoms with E-state index in [0.717, 1.165) is 43.4 Å². The minimum absolute atomic E-state index is 0.170. The first kappa shape index (κ1) is 19.7. The average Bonchev–Trinajstić information content (AvgIpc) is 2.75. The van der Waals surface area contributed by atoms with Crippen LogP contribution in [0.5, 0.6) is 0 Å². The van der Waals surface area contributed by atoms with Gasteiger partial charge in [0.2, 0.25) is 5.91 Å². The van der Waals surface area contributed by atoms with Gasteiger partial charge in [0, 0.05) is 6.04 Å². The van der Waals surface area contributed by atoms with Crippen molar-refractivity contribution < 1.29 is 14.4 Å². The maximum atomic E-state index is 12.8. The van der Waals surface area contributed by atoms with Gasteiger partial charge < -0.3 is 10.6 Å². The van der Waals surface area contributed by atoms with Gasteiger partial charge in [-0.15, -0.1) is 0 Å². The summed E-state index contributed by atoms with van der Waals surface area (Å²) in [5.41, 5.74) is -0.818. The summed E-state index contributed by atoms with van der Waals surface area (Å²) in [5, 5.41) is 5.89. The molecule has 1 aliphatic heterocycles. The third-order valence-corrected chi connectivity index (χ3v) is 5.37. The fourth-order valence-corrected chi connectivity index (χ4v) is 4.15. The van der Waals surface area contributed by atoms with Crippen molar-refractivity contribution in [2.45, 2.75) is 96.1 Å². The molecular weight excluding hydrogens is 318 g/mol. The molecule has 0 bridgehead atoms. The third kappa shape index (κ3) is 4.95. The van der Waals surface area contributed by atoms with E-state index < -0.39 is 11.6 Å². The average molecular weight is 351 g/mol. The Morgan fingerprint density at radius 3 is 2.20 bits per heavy atom. The van der Waals surface area contributed by atoms with Gasteiger partial charge in [-0.2, -0.15) is 0 Å². The predicted octanol–water partition coefficient (Wildman–Crippen LogP) is 3.11. The second kappa shape index (κ2) is 9.20. The Bertz CT molecular complexity index is 478. The zero-order valence-corrected chi connectivity index (χ0v) is 15.7. The van der Waals surface area contributed by atoms with E-state index in [1.165, 1.54) is 19.3 Å². The van der Waals surface area contributed by atoms with Crippen molar-refractivity contribution in [2.75, 3.05) is 6.54 Å². The largest absolute Gasteiger partial charge is 0.352 e. The minimum Gasteiger partial charge on any atom is -0.352 e. The predicted molar refractivity (Wildman–Crippen MR) is 97.0 cm³/mol. The monoisotopic (exact) mass is 351 g/mol. The van der Waals surface area contributed by atoms with Gasteiger partial charge >= 0.3 is 6.03 Å². The van der Waals surface area contributed by atoms with Crippen LogP contribution < -0.4 is 10.6 Å². The van der Waals surface area contributed by atoms with E-state index in [1.54, 1.807) is 0 Å². The zero-order valence-electron chi connectivity index (χ0n) is 15.7. The number of imide groups is 1. The summed E-state index contributed by atoms with van der Waals surface area (Å²) in [6, 6.07) is -0.260. The molecule has 0 aromatic carbocycles. The number of urea groups is 1. The van der Waals surface area contributed by atoms with Crippen LogP contribution >= 0.6 is 0 Å². The first-order valence-electron chi connectivity index (χ1n) is 9.96. The molecule has 6 nitrogen and oxygen atoms in total. The maximum absolute atomic E-state index is 12.8. The molecule has 1 heterocycles. The summed E-state index contributed by atoms with van der Waals surface area (Å²) in [4.78, 5) is 38.6. The van der Waals surface area contributed by atoms with Crippen LogP contribution in [0.2, 0.25) is 0 Å². The van der Waals surface area contributed by atoms with E-state index in [1.807, 2.05) is 13.8 Å². The molecule has 4 amide bonds. The molecule has 1 saturated heterocycles. The number of hydrogen-bond donors (Lipinski definition) is 2. The molecule has 2 fully saturated rings. The summed E-state index contributed by atoms with van der Waals surface area (Å²) < 4.78 is 0. The Hall–Kier alpha value is -1.59. The van der Waals surface area contributed by atoms with Crippen molar-refractivity contribution in [1.29, 1.82) is 0 Å². The van der Waals surface area contributed by atoms with Gasteiger partial charge in [0.05, 0.1) is 0 Å². The lowest BCUT2D eigenvalue weighted by molar-refractivity contribution is -0.135. The van der Waals surface area contributed by atoms with Crippen molar-refractivity contribution in [3.63, 3.8) is 0 Å². The van der Waals surface area contributed by atoms with Crippen LogP contribution in [-0.2, 0) is 9.59 Å². The molecule has 2 N–H and O–H groups in total. The van der Waals surface area contributed by atoms with Gasteiger partial charge in [-0.25, -0.2) is 4.79 Å². The molecule has 2 aliphatic rings. The second-order valence-corrected chi connectivity index (χ2v) is 7.51. The van der Waals surface area contributed by atoms with Crippen molar-refractivity contribution >= 4 is 17.8 Å². The zero-order chi connectivity index (χ0) is 18.3. The van der Waals surface area contributed by atoms with Crippen LogP contribution in [0.25, 0.3) is 0 Å². The first-order chi connectivity index (χ1) is 12.0. The van der Waals surface area contributed by atoms with Gasteiger partial charge in [0.15, 0.2) is 0 Å². The third-order valence-electron chi connectivity index (χ3n) is 5.37. The SMILES string of the molecule is CCCC1(CCC)NC(=O)N(CC(=O)NC2CCCCCCC2)C1=O. The Labute approximate surface area is 151 Å². The molecule has 0 aromatic rings. The molecule has 142 valence electrons. The summed E-state index contributed by atoms with van der Waals surface area (Å²) in [7, 11) is 0.